The molecule has 0 spiro atoms. The summed E-state index contributed by atoms with van der Waals surface area (Å²) in [5.41, 5.74) is 19.4. The van der Waals surface area contributed by atoms with Crippen molar-refractivity contribution in [1.29, 1.82) is 0 Å². The standard InChI is InChI=1S/C19H17Cl2F3N6S/c20-12-5-9(7-25)6-13(21)14(12)30-15-16(26)29(8-28-17(15)31-18(30)27)11-3-1-10(2-4-11)19(22,23)24/h1-6,8,16,18H,7,25-27H2. The van der Waals surface area contributed by atoms with Gasteiger partial charge in [0.15, 0.2) is 0 Å². The van der Waals surface area contributed by atoms with Crippen molar-refractivity contribution >= 4 is 52.7 Å². The zero-order valence-electron chi connectivity index (χ0n) is 15.8. The van der Waals surface area contributed by atoms with Crippen LogP contribution in [0.5, 0.6) is 0 Å². The summed E-state index contributed by atoms with van der Waals surface area (Å²) in [7, 11) is 0. The molecule has 2 unspecified atom stereocenters. The number of aliphatic imine (C=N–C) groups is 1. The highest BCUT2D eigenvalue weighted by atomic mass is 35.5. The maximum Gasteiger partial charge on any atom is 0.416 e. The maximum atomic E-state index is 12.9. The molecule has 0 fully saturated rings. The fourth-order valence-electron chi connectivity index (χ4n) is 3.41. The quantitative estimate of drug-likeness (QED) is 0.596. The van der Waals surface area contributed by atoms with Crippen LogP contribution in [0.3, 0.4) is 0 Å². The molecule has 0 aliphatic carbocycles. The van der Waals surface area contributed by atoms with Crippen molar-refractivity contribution in [3.05, 3.63) is 68.3 Å². The van der Waals surface area contributed by atoms with Crippen LogP contribution in [0.1, 0.15) is 11.1 Å². The molecule has 4 rings (SSSR count). The molecule has 0 bridgehead atoms. The van der Waals surface area contributed by atoms with Crippen LogP contribution in [0.25, 0.3) is 0 Å². The molecule has 6 N–H and O–H groups in total. The monoisotopic (exact) mass is 488 g/mol. The molecule has 12 heteroatoms. The lowest BCUT2D eigenvalue weighted by Gasteiger charge is -2.36. The number of halogens is 5. The Hall–Kier alpha value is -1.95. The van der Waals surface area contributed by atoms with E-state index in [1.165, 1.54) is 30.2 Å². The van der Waals surface area contributed by atoms with Crippen molar-refractivity contribution in [3.8, 4) is 0 Å². The molecule has 0 amide bonds. The first kappa shape index (κ1) is 22.3. The van der Waals surface area contributed by atoms with Crippen LogP contribution >= 0.6 is 35.0 Å². The van der Waals surface area contributed by atoms with Crippen LogP contribution in [-0.4, -0.2) is 18.0 Å². The highest BCUT2D eigenvalue weighted by Gasteiger charge is 2.41. The molecule has 6 nitrogen and oxygen atoms in total. The predicted octanol–water partition coefficient (Wildman–Crippen LogP) is 4.27. The maximum absolute atomic E-state index is 12.9. The largest absolute Gasteiger partial charge is 0.416 e. The van der Waals surface area contributed by atoms with Gasteiger partial charge in [0, 0.05) is 12.2 Å². The number of nitrogens with zero attached hydrogens (tertiary/aromatic N) is 3. The Morgan fingerprint density at radius 3 is 2.23 bits per heavy atom. The lowest BCUT2D eigenvalue weighted by molar-refractivity contribution is -0.137. The van der Waals surface area contributed by atoms with Gasteiger partial charge in [0.25, 0.3) is 0 Å². The van der Waals surface area contributed by atoms with Gasteiger partial charge in [-0.1, -0.05) is 35.0 Å². The number of alkyl halides is 3. The van der Waals surface area contributed by atoms with Crippen molar-refractivity contribution in [2.24, 2.45) is 22.2 Å². The van der Waals surface area contributed by atoms with Gasteiger partial charge in [-0.25, -0.2) is 4.99 Å². The molecule has 0 saturated heterocycles. The lowest BCUT2D eigenvalue weighted by Crippen LogP contribution is -2.50. The average molecular weight is 489 g/mol. The molecular formula is C19H17Cl2F3N6S. The Balaban J connectivity index is 1.71. The first-order chi connectivity index (χ1) is 14.6. The van der Waals surface area contributed by atoms with Gasteiger partial charge in [0.05, 0.1) is 33.3 Å². The van der Waals surface area contributed by atoms with Crippen LogP contribution in [0.2, 0.25) is 10.0 Å². The summed E-state index contributed by atoms with van der Waals surface area (Å²) < 4.78 is 38.7. The SMILES string of the molecule is NCc1cc(Cl)c(N2C3=C(N=CN(c4ccc(C(F)(F)F)cc4)C3N)SC2N)c(Cl)c1. The fourth-order valence-corrected chi connectivity index (χ4v) is 5.13. The minimum absolute atomic E-state index is 0.264. The second kappa shape index (κ2) is 8.19. The second-order valence-electron chi connectivity index (χ2n) is 6.82. The number of nitrogens with two attached hydrogens (primary N) is 3. The zero-order valence-corrected chi connectivity index (χ0v) is 18.1. The molecule has 2 atom stereocenters. The first-order valence-corrected chi connectivity index (χ1v) is 10.6. The van der Waals surface area contributed by atoms with E-state index in [1.54, 1.807) is 21.9 Å². The Morgan fingerprint density at radius 2 is 1.68 bits per heavy atom. The molecule has 31 heavy (non-hydrogen) atoms. The van der Waals surface area contributed by atoms with Crippen LogP contribution in [0, 0.1) is 0 Å². The summed E-state index contributed by atoms with van der Waals surface area (Å²) in [6.07, 6.45) is -3.75. The van der Waals surface area contributed by atoms with Gasteiger partial charge in [-0.3, -0.25) is 0 Å². The van der Waals surface area contributed by atoms with Gasteiger partial charge in [-0.05, 0) is 42.0 Å². The third-order valence-electron chi connectivity index (χ3n) is 4.89. The Kier molecular flexibility index (Phi) is 5.88. The fraction of sp³-hybridized carbons (Fsp3) is 0.211. The van der Waals surface area contributed by atoms with Crippen LogP contribution in [-0.2, 0) is 12.7 Å². The van der Waals surface area contributed by atoms with Gasteiger partial charge >= 0.3 is 6.18 Å². The second-order valence-corrected chi connectivity index (χ2v) is 8.74. The van der Waals surface area contributed by atoms with E-state index in [9.17, 15) is 13.2 Å². The normalized spacial score (nSPS) is 21.2. The summed E-state index contributed by atoms with van der Waals surface area (Å²) in [6, 6.07) is 8.05. The smallest absolute Gasteiger partial charge is 0.326 e. The molecule has 0 radical (unpaired) electrons. The van der Waals surface area contributed by atoms with E-state index in [4.69, 9.17) is 40.4 Å². The third-order valence-corrected chi connectivity index (χ3v) is 6.46. The predicted molar refractivity (Wildman–Crippen MR) is 120 cm³/mol. The molecule has 2 aromatic rings. The summed E-state index contributed by atoms with van der Waals surface area (Å²) in [4.78, 5) is 7.66. The van der Waals surface area contributed by atoms with Crippen molar-refractivity contribution in [1.82, 2.24) is 0 Å². The molecule has 0 aromatic heterocycles. The molecular weight excluding hydrogens is 472 g/mol. The van der Waals surface area contributed by atoms with Crippen molar-refractivity contribution in [3.63, 3.8) is 0 Å². The first-order valence-electron chi connectivity index (χ1n) is 9.01. The number of rotatable bonds is 3. The van der Waals surface area contributed by atoms with E-state index < -0.39 is 23.4 Å². The van der Waals surface area contributed by atoms with Gasteiger partial charge in [-0.2, -0.15) is 13.2 Å². The van der Waals surface area contributed by atoms with Gasteiger partial charge in [0.1, 0.15) is 16.7 Å². The van der Waals surface area contributed by atoms with Gasteiger partial charge in [-0.15, -0.1) is 0 Å². The van der Waals surface area contributed by atoms with Crippen molar-refractivity contribution < 1.29 is 13.2 Å². The Labute approximate surface area is 190 Å². The third kappa shape index (κ3) is 3.99. The number of thioether (sulfide) groups is 1. The molecule has 2 aliphatic rings. The summed E-state index contributed by atoms with van der Waals surface area (Å²) in [5.74, 6) is 0. The summed E-state index contributed by atoms with van der Waals surface area (Å²) >= 11 is 14.2. The number of anilines is 2. The highest BCUT2D eigenvalue weighted by molar-refractivity contribution is 8.04. The lowest BCUT2D eigenvalue weighted by atomic mass is 10.1. The number of benzene rings is 2. The van der Waals surface area contributed by atoms with E-state index in [-0.39, 0.29) is 6.54 Å². The van der Waals surface area contributed by atoms with Crippen LogP contribution in [0.15, 0.2) is 52.1 Å². The zero-order chi connectivity index (χ0) is 22.5. The Morgan fingerprint density at radius 1 is 1.06 bits per heavy atom. The topological polar surface area (TPSA) is 96.9 Å². The molecule has 2 aromatic carbocycles. The average Bonchev–Trinajstić information content (AvgIpc) is 3.04. The van der Waals surface area contributed by atoms with Gasteiger partial charge < -0.3 is 27.0 Å². The minimum atomic E-state index is -4.43. The molecule has 2 heterocycles. The van der Waals surface area contributed by atoms with Crippen LogP contribution < -0.4 is 27.0 Å². The summed E-state index contributed by atoms with van der Waals surface area (Å²) in [5, 5.41) is 1.28. The number of hydrogen-bond donors (Lipinski definition) is 3. The van der Waals surface area contributed by atoms with E-state index in [0.29, 0.717) is 32.1 Å². The van der Waals surface area contributed by atoms with E-state index >= 15 is 0 Å². The van der Waals surface area contributed by atoms with E-state index in [0.717, 1.165) is 17.7 Å². The van der Waals surface area contributed by atoms with Crippen molar-refractivity contribution in [2.45, 2.75) is 24.4 Å². The highest BCUT2D eigenvalue weighted by Crippen LogP contribution is 2.48. The van der Waals surface area contributed by atoms with Gasteiger partial charge in [0.2, 0.25) is 0 Å². The van der Waals surface area contributed by atoms with Crippen molar-refractivity contribution in [2.75, 3.05) is 9.80 Å². The number of hydrogen-bond acceptors (Lipinski definition) is 7. The van der Waals surface area contributed by atoms with E-state index in [2.05, 4.69) is 4.99 Å². The summed E-state index contributed by atoms with van der Waals surface area (Å²) in [6.45, 7) is 0.264. The minimum Gasteiger partial charge on any atom is -0.326 e. The molecule has 2 aliphatic heterocycles. The molecule has 164 valence electrons. The van der Waals surface area contributed by atoms with Crippen LogP contribution in [0.4, 0.5) is 24.5 Å². The Bertz CT molecular complexity index is 1050. The molecule has 0 saturated carbocycles. The van der Waals surface area contributed by atoms with E-state index in [1.807, 2.05) is 0 Å².